The van der Waals surface area contributed by atoms with Crippen molar-refractivity contribution in [2.75, 3.05) is 7.11 Å². The SMILES string of the molecule is CCc1cc(C(F)F)cc(CC(=O)OC)c1C#N. The van der Waals surface area contributed by atoms with Crippen molar-refractivity contribution in [2.45, 2.75) is 26.2 Å². The van der Waals surface area contributed by atoms with E-state index < -0.39 is 12.4 Å². The molecule has 1 aromatic carbocycles. The van der Waals surface area contributed by atoms with Crippen LogP contribution in [0.2, 0.25) is 0 Å². The second-order valence-electron chi connectivity index (χ2n) is 3.73. The Labute approximate surface area is 104 Å². The van der Waals surface area contributed by atoms with E-state index >= 15 is 0 Å². The van der Waals surface area contributed by atoms with Gasteiger partial charge in [0.1, 0.15) is 0 Å². The van der Waals surface area contributed by atoms with Crippen molar-refractivity contribution in [3.8, 4) is 6.07 Å². The lowest BCUT2D eigenvalue weighted by atomic mass is 9.95. The fourth-order valence-electron chi connectivity index (χ4n) is 1.71. The van der Waals surface area contributed by atoms with E-state index in [9.17, 15) is 13.6 Å². The van der Waals surface area contributed by atoms with Crippen LogP contribution in [0.3, 0.4) is 0 Å². The molecule has 0 amide bonds. The molecule has 0 bridgehead atoms. The Morgan fingerprint density at radius 2 is 2.06 bits per heavy atom. The first-order chi connectivity index (χ1) is 8.53. The number of rotatable bonds is 4. The summed E-state index contributed by atoms with van der Waals surface area (Å²) in [5.41, 5.74) is 0.922. The molecule has 0 spiro atoms. The standard InChI is InChI=1S/C13H13F2NO2/c1-3-8-4-10(13(14)15)5-9(11(8)7-16)6-12(17)18-2/h4-5,13H,3,6H2,1-2H3. The average molecular weight is 253 g/mol. The summed E-state index contributed by atoms with van der Waals surface area (Å²) in [5.74, 6) is -0.556. The van der Waals surface area contributed by atoms with Gasteiger partial charge in [0.15, 0.2) is 0 Å². The molecule has 3 nitrogen and oxygen atoms in total. The van der Waals surface area contributed by atoms with Gasteiger partial charge >= 0.3 is 5.97 Å². The summed E-state index contributed by atoms with van der Waals surface area (Å²) in [6, 6.07) is 4.46. The van der Waals surface area contributed by atoms with E-state index in [2.05, 4.69) is 4.74 Å². The van der Waals surface area contributed by atoms with Crippen LogP contribution in [0.5, 0.6) is 0 Å². The van der Waals surface area contributed by atoms with Gasteiger partial charge in [-0.25, -0.2) is 8.78 Å². The number of methoxy groups -OCH3 is 1. The summed E-state index contributed by atoms with van der Waals surface area (Å²) in [4.78, 5) is 11.2. The monoisotopic (exact) mass is 253 g/mol. The predicted molar refractivity (Wildman–Crippen MR) is 61.2 cm³/mol. The molecule has 5 heteroatoms. The van der Waals surface area contributed by atoms with E-state index in [-0.39, 0.29) is 17.5 Å². The Bertz CT molecular complexity index is 492. The Kier molecular flexibility index (Phi) is 4.78. The highest BCUT2D eigenvalue weighted by atomic mass is 19.3. The molecule has 0 atom stereocenters. The smallest absolute Gasteiger partial charge is 0.310 e. The number of hydrogen-bond donors (Lipinski definition) is 0. The molecule has 0 aliphatic heterocycles. The molecule has 0 aliphatic carbocycles. The average Bonchev–Trinajstić information content (AvgIpc) is 2.37. The summed E-state index contributed by atoms with van der Waals surface area (Å²) in [7, 11) is 1.21. The first-order valence-corrected chi connectivity index (χ1v) is 5.44. The number of alkyl halides is 2. The van der Waals surface area contributed by atoms with Crippen molar-refractivity contribution in [3.63, 3.8) is 0 Å². The lowest BCUT2D eigenvalue weighted by Gasteiger charge is -2.11. The maximum atomic E-state index is 12.7. The first-order valence-electron chi connectivity index (χ1n) is 5.44. The number of ether oxygens (including phenoxy) is 1. The lowest BCUT2D eigenvalue weighted by Crippen LogP contribution is -2.08. The van der Waals surface area contributed by atoms with Crippen molar-refractivity contribution in [1.29, 1.82) is 5.26 Å². The van der Waals surface area contributed by atoms with E-state index in [4.69, 9.17) is 5.26 Å². The molecular weight excluding hydrogens is 240 g/mol. The summed E-state index contributed by atoms with van der Waals surface area (Å²) >= 11 is 0. The third-order valence-electron chi connectivity index (χ3n) is 2.63. The Morgan fingerprint density at radius 3 is 2.50 bits per heavy atom. The first kappa shape index (κ1) is 14.1. The minimum absolute atomic E-state index is 0.174. The molecule has 0 unspecified atom stereocenters. The van der Waals surface area contributed by atoms with Crippen LogP contribution < -0.4 is 0 Å². The number of carbonyl (C=O) groups is 1. The van der Waals surface area contributed by atoms with Gasteiger partial charge in [-0.3, -0.25) is 4.79 Å². The number of carbonyl (C=O) groups excluding carboxylic acids is 1. The Balaban J connectivity index is 3.32. The molecule has 0 aliphatic rings. The highest BCUT2D eigenvalue weighted by Gasteiger charge is 2.17. The van der Waals surface area contributed by atoms with Gasteiger partial charge in [0, 0.05) is 5.56 Å². The number of esters is 1. The summed E-state index contributed by atoms with van der Waals surface area (Å²) < 4.78 is 29.9. The van der Waals surface area contributed by atoms with Gasteiger partial charge < -0.3 is 4.74 Å². The zero-order chi connectivity index (χ0) is 13.7. The topological polar surface area (TPSA) is 50.1 Å². The van der Waals surface area contributed by atoms with Crippen LogP contribution in [0.1, 0.15) is 35.6 Å². The molecule has 18 heavy (non-hydrogen) atoms. The highest BCUT2D eigenvalue weighted by molar-refractivity contribution is 5.74. The van der Waals surface area contributed by atoms with Gasteiger partial charge in [-0.1, -0.05) is 6.92 Å². The molecule has 1 rings (SSSR count). The normalized spacial score (nSPS) is 10.2. The number of hydrogen-bond acceptors (Lipinski definition) is 3. The van der Waals surface area contributed by atoms with Crippen molar-refractivity contribution >= 4 is 5.97 Å². The lowest BCUT2D eigenvalue weighted by molar-refractivity contribution is -0.139. The number of benzene rings is 1. The Morgan fingerprint density at radius 1 is 1.44 bits per heavy atom. The molecule has 0 aromatic heterocycles. The molecule has 0 saturated carbocycles. The minimum Gasteiger partial charge on any atom is -0.469 e. The van der Waals surface area contributed by atoms with Gasteiger partial charge in [-0.2, -0.15) is 5.26 Å². The molecular formula is C13H13F2NO2. The van der Waals surface area contributed by atoms with Crippen LogP contribution in [0.4, 0.5) is 8.78 Å². The largest absolute Gasteiger partial charge is 0.469 e. The molecule has 0 N–H and O–H groups in total. The van der Waals surface area contributed by atoms with Gasteiger partial charge in [0.05, 0.1) is 25.2 Å². The molecule has 0 radical (unpaired) electrons. The minimum atomic E-state index is -2.63. The van der Waals surface area contributed by atoms with Gasteiger partial charge in [0.25, 0.3) is 6.43 Å². The zero-order valence-electron chi connectivity index (χ0n) is 10.2. The van der Waals surface area contributed by atoms with Crippen molar-refractivity contribution in [3.05, 3.63) is 34.4 Å². The van der Waals surface area contributed by atoms with Crippen LogP contribution in [0.15, 0.2) is 12.1 Å². The van der Waals surface area contributed by atoms with Gasteiger partial charge in [-0.15, -0.1) is 0 Å². The van der Waals surface area contributed by atoms with E-state index in [1.165, 1.54) is 19.2 Å². The fraction of sp³-hybridized carbons (Fsp3) is 0.385. The highest BCUT2D eigenvalue weighted by Crippen LogP contribution is 2.25. The number of nitrogens with zero attached hydrogens (tertiary/aromatic N) is 1. The maximum Gasteiger partial charge on any atom is 0.310 e. The van der Waals surface area contributed by atoms with Crippen molar-refractivity contribution < 1.29 is 18.3 Å². The summed E-state index contributed by atoms with van der Waals surface area (Å²) in [6.45, 7) is 1.77. The number of aryl methyl sites for hydroxylation is 1. The summed E-state index contributed by atoms with van der Waals surface area (Å²) in [6.07, 6.45) is -2.34. The van der Waals surface area contributed by atoms with Crippen LogP contribution in [-0.4, -0.2) is 13.1 Å². The molecule has 0 heterocycles. The second kappa shape index (κ2) is 6.10. The third kappa shape index (κ3) is 3.04. The second-order valence-corrected chi connectivity index (χ2v) is 3.73. The summed E-state index contributed by atoms with van der Waals surface area (Å²) in [5, 5.41) is 9.06. The molecule has 0 saturated heterocycles. The van der Waals surface area contributed by atoms with Gasteiger partial charge in [-0.05, 0) is 29.7 Å². The third-order valence-corrected chi connectivity index (χ3v) is 2.63. The van der Waals surface area contributed by atoms with Crippen molar-refractivity contribution in [2.24, 2.45) is 0 Å². The zero-order valence-corrected chi connectivity index (χ0v) is 10.2. The van der Waals surface area contributed by atoms with Crippen LogP contribution in [0, 0.1) is 11.3 Å². The van der Waals surface area contributed by atoms with Crippen molar-refractivity contribution in [1.82, 2.24) is 0 Å². The van der Waals surface area contributed by atoms with Crippen LogP contribution >= 0.6 is 0 Å². The van der Waals surface area contributed by atoms with E-state index in [0.717, 1.165) is 0 Å². The maximum absolute atomic E-state index is 12.7. The Hall–Kier alpha value is -1.96. The van der Waals surface area contributed by atoms with E-state index in [1.807, 2.05) is 6.07 Å². The van der Waals surface area contributed by atoms with Crippen LogP contribution in [0.25, 0.3) is 0 Å². The van der Waals surface area contributed by atoms with Gasteiger partial charge in [0.2, 0.25) is 0 Å². The van der Waals surface area contributed by atoms with E-state index in [0.29, 0.717) is 17.5 Å². The van der Waals surface area contributed by atoms with E-state index in [1.54, 1.807) is 6.92 Å². The molecule has 1 aromatic rings. The predicted octanol–water partition coefficient (Wildman–Crippen LogP) is 2.77. The number of nitriles is 1. The molecule has 0 fully saturated rings. The number of halogens is 2. The fourth-order valence-corrected chi connectivity index (χ4v) is 1.71. The molecule has 96 valence electrons. The quantitative estimate of drug-likeness (QED) is 0.775. The van der Waals surface area contributed by atoms with Crippen LogP contribution in [-0.2, 0) is 22.4 Å².